The number of rotatable bonds is 8. The van der Waals surface area contributed by atoms with Crippen molar-refractivity contribution >= 4 is 5.91 Å². The highest BCUT2D eigenvalue weighted by molar-refractivity contribution is 5.78. The van der Waals surface area contributed by atoms with Gasteiger partial charge in [-0.2, -0.15) is 0 Å². The van der Waals surface area contributed by atoms with Crippen LogP contribution in [0, 0.1) is 0 Å². The summed E-state index contributed by atoms with van der Waals surface area (Å²) in [6.07, 6.45) is 4.28. The van der Waals surface area contributed by atoms with E-state index in [1.165, 1.54) is 5.69 Å². The van der Waals surface area contributed by atoms with Crippen LogP contribution in [-0.4, -0.2) is 48.2 Å². The van der Waals surface area contributed by atoms with Crippen LogP contribution >= 0.6 is 0 Å². The number of amides is 1. The third kappa shape index (κ3) is 4.08. The fourth-order valence-electron chi connectivity index (χ4n) is 2.11. The molecule has 106 valence electrons. The Hall–Kier alpha value is -1.33. The molecule has 0 bridgehead atoms. The van der Waals surface area contributed by atoms with Gasteiger partial charge in [0.05, 0.1) is 19.7 Å². The summed E-state index contributed by atoms with van der Waals surface area (Å²) in [5, 5.41) is 3.12. The second kappa shape index (κ2) is 6.73. The molecular formula is C14H23N3O2. The molecule has 2 rings (SSSR count). The maximum absolute atomic E-state index is 12.2. The van der Waals surface area contributed by atoms with Crippen molar-refractivity contribution in [3.63, 3.8) is 0 Å². The van der Waals surface area contributed by atoms with Gasteiger partial charge in [0.1, 0.15) is 0 Å². The molecule has 1 aliphatic carbocycles. The molecule has 1 aromatic rings. The van der Waals surface area contributed by atoms with Crippen molar-refractivity contribution in [3.05, 3.63) is 24.0 Å². The van der Waals surface area contributed by atoms with Gasteiger partial charge in [0.15, 0.2) is 0 Å². The Kier molecular flexibility index (Phi) is 4.99. The quantitative estimate of drug-likeness (QED) is 0.706. The number of nitrogens with one attached hydrogen (secondary N) is 1. The van der Waals surface area contributed by atoms with Crippen molar-refractivity contribution in [1.82, 2.24) is 14.8 Å². The predicted octanol–water partition coefficient (Wildman–Crippen LogP) is 0.752. The zero-order valence-electron chi connectivity index (χ0n) is 11.8. The molecule has 1 aliphatic rings. The Morgan fingerprint density at radius 1 is 1.58 bits per heavy atom. The minimum Gasteiger partial charge on any atom is -0.383 e. The van der Waals surface area contributed by atoms with E-state index in [1.807, 2.05) is 24.2 Å². The third-order valence-electron chi connectivity index (χ3n) is 3.45. The Balaban J connectivity index is 1.85. The summed E-state index contributed by atoms with van der Waals surface area (Å²) in [4.78, 5) is 14.2. The molecule has 1 amide bonds. The molecule has 0 spiro atoms. The van der Waals surface area contributed by atoms with Crippen LogP contribution in [-0.2, 0) is 23.1 Å². The normalized spacial score (nSPS) is 14.6. The fraction of sp³-hybridized carbons (Fsp3) is 0.643. The van der Waals surface area contributed by atoms with Crippen LogP contribution in [0.1, 0.15) is 18.5 Å². The maximum atomic E-state index is 12.2. The largest absolute Gasteiger partial charge is 0.383 e. The number of hydrogen-bond donors (Lipinski definition) is 1. The Labute approximate surface area is 114 Å². The van der Waals surface area contributed by atoms with Crippen LogP contribution in [0.4, 0.5) is 0 Å². The minimum atomic E-state index is 0.180. The molecule has 5 nitrogen and oxygen atoms in total. The van der Waals surface area contributed by atoms with E-state index in [4.69, 9.17) is 4.74 Å². The molecule has 1 aromatic heterocycles. The first-order valence-corrected chi connectivity index (χ1v) is 6.81. The lowest BCUT2D eigenvalue weighted by molar-refractivity contribution is -0.131. The molecule has 0 unspecified atom stereocenters. The number of carbonyl (C=O) groups is 1. The monoisotopic (exact) mass is 265 g/mol. The summed E-state index contributed by atoms with van der Waals surface area (Å²) in [5.74, 6) is 0.180. The zero-order chi connectivity index (χ0) is 13.7. The topological polar surface area (TPSA) is 46.5 Å². The van der Waals surface area contributed by atoms with E-state index in [0.717, 1.165) is 12.8 Å². The minimum absolute atomic E-state index is 0.180. The van der Waals surface area contributed by atoms with Gasteiger partial charge >= 0.3 is 0 Å². The predicted molar refractivity (Wildman–Crippen MR) is 73.7 cm³/mol. The number of aryl methyl sites for hydroxylation is 1. The SMILES string of the molecule is COCCNCC(=O)N(Cc1cccn1C)C1CC1. The molecule has 0 aromatic carbocycles. The number of ether oxygens (including phenoxy) is 1. The molecule has 0 aliphatic heterocycles. The van der Waals surface area contributed by atoms with Gasteiger partial charge in [-0.3, -0.25) is 4.79 Å². The molecule has 1 fully saturated rings. The van der Waals surface area contributed by atoms with Gasteiger partial charge in [-0.25, -0.2) is 0 Å². The Morgan fingerprint density at radius 2 is 2.37 bits per heavy atom. The van der Waals surface area contributed by atoms with Crippen LogP contribution in [0.15, 0.2) is 18.3 Å². The van der Waals surface area contributed by atoms with Gasteiger partial charge in [0, 0.05) is 38.6 Å². The van der Waals surface area contributed by atoms with Crippen molar-refractivity contribution in [1.29, 1.82) is 0 Å². The summed E-state index contributed by atoms with van der Waals surface area (Å²) in [6.45, 7) is 2.45. The molecule has 1 N–H and O–H groups in total. The van der Waals surface area contributed by atoms with Gasteiger partial charge in [0.25, 0.3) is 0 Å². The summed E-state index contributed by atoms with van der Waals surface area (Å²) < 4.78 is 7.02. The van der Waals surface area contributed by atoms with Gasteiger partial charge in [0.2, 0.25) is 5.91 Å². The lowest BCUT2D eigenvalue weighted by Gasteiger charge is -2.23. The van der Waals surface area contributed by atoms with E-state index in [1.54, 1.807) is 7.11 Å². The lowest BCUT2D eigenvalue weighted by Crippen LogP contribution is -2.40. The average Bonchev–Trinajstić information content (AvgIpc) is 3.16. The van der Waals surface area contributed by atoms with Crippen molar-refractivity contribution < 1.29 is 9.53 Å². The average molecular weight is 265 g/mol. The van der Waals surface area contributed by atoms with E-state index >= 15 is 0 Å². The van der Waals surface area contributed by atoms with Crippen LogP contribution in [0.3, 0.4) is 0 Å². The molecule has 5 heteroatoms. The van der Waals surface area contributed by atoms with Crippen molar-refractivity contribution in [3.8, 4) is 0 Å². The summed E-state index contributed by atoms with van der Waals surface area (Å²) >= 11 is 0. The first-order chi connectivity index (χ1) is 9.22. The molecule has 19 heavy (non-hydrogen) atoms. The van der Waals surface area contributed by atoms with E-state index in [9.17, 15) is 4.79 Å². The van der Waals surface area contributed by atoms with E-state index < -0.39 is 0 Å². The van der Waals surface area contributed by atoms with Crippen molar-refractivity contribution in [2.45, 2.75) is 25.4 Å². The van der Waals surface area contributed by atoms with E-state index in [0.29, 0.717) is 32.3 Å². The van der Waals surface area contributed by atoms with Gasteiger partial charge in [-0.05, 0) is 25.0 Å². The fourth-order valence-corrected chi connectivity index (χ4v) is 2.11. The van der Waals surface area contributed by atoms with Crippen LogP contribution in [0.25, 0.3) is 0 Å². The molecule has 1 heterocycles. The van der Waals surface area contributed by atoms with Gasteiger partial charge < -0.3 is 19.5 Å². The van der Waals surface area contributed by atoms with E-state index in [2.05, 4.69) is 16.0 Å². The number of hydrogen-bond acceptors (Lipinski definition) is 3. The molecular weight excluding hydrogens is 242 g/mol. The highest BCUT2D eigenvalue weighted by Crippen LogP contribution is 2.28. The zero-order valence-corrected chi connectivity index (χ0v) is 11.8. The third-order valence-corrected chi connectivity index (χ3v) is 3.45. The van der Waals surface area contributed by atoms with Crippen molar-refractivity contribution in [2.75, 3.05) is 26.8 Å². The highest BCUT2D eigenvalue weighted by atomic mass is 16.5. The van der Waals surface area contributed by atoms with Crippen molar-refractivity contribution in [2.24, 2.45) is 7.05 Å². The lowest BCUT2D eigenvalue weighted by atomic mass is 10.3. The maximum Gasteiger partial charge on any atom is 0.237 e. The Bertz CT molecular complexity index is 413. The number of methoxy groups -OCH3 is 1. The van der Waals surface area contributed by atoms with Gasteiger partial charge in [-0.15, -0.1) is 0 Å². The second-order valence-corrected chi connectivity index (χ2v) is 5.03. The van der Waals surface area contributed by atoms with Crippen LogP contribution in [0.2, 0.25) is 0 Å². The molecule has 1 saturated carbocycles. The molecule has 0 radical (unpaired) electrons. The summed E-state index contributed by atoms with van der Waals surface area (Å²) in [7, 11) is 3.68. The first-order valence-electron chi connectivity index (χ1n) is 6.81. The summed E-state index contributed by atoms with van der Waals surface area (Å²) in [5.41, 5.74) is 1.18. The standard InChI is InChI=1S/C14H23N3O2/c1-16-8-3-4-13(16)11-17(12-5-6-12)14(18)10-15-7-9-19-2/h3-4,8,12,15H,5-7,9-11H2,1-2H3. The van der Waals surface area contributed by atoms with Gasteiger partial charge in [-0.1, -0.05) is 0 Å². The second-order valence-electron chi connectivity index (χ2n) is 5.03. The Morgan fingerprint density at radius 3 is 2.95 bits per heavy atom. The number of nitrogens with zero attached hydrogens (tertiary/aromatic N) is 2. The molecule has 0 atom stereocenters. The molecule has 0 saturated heterocycles. The van der Waals surface area contributed by atoms with Crippen LogP contribution in [0.5, 0.6) is 0 Å². The highest BCUT2D eigenvalue weighted by Gasteiger charge is 2.32. The smallest absolute Gasteiger partial charge is 0.237 e. The first kappa shape index (κ1) is 14.1. The number of aromatic nitrogens is 1. The number of carbonyl (C=O) groups excluding carboxylic acids is 1. The van der Waals surface area contributed by atoms with Crippen LogP contribution < -0.4 is 5.32 Å². The van der Waals surface area contributed by atoms with E-state index in [-0.39, 0.29) is 5.91 Å². The summed E-state index contributed by atoms with van der Waals surface area (Å²) in [6, 6.07) is 4.52.